The van der Waals surface area contributed by atoms with Gasteiger partial charge in [-0.2, -0.15) is 12.6 Å². The summed E-state index contributed by atoms with van der Waals surface area (Å²) in [5.41, 5.74) is 2.41. The van der Waals surface area contributed by atoms with Crippen LogP contribution < -0.4 is 4.74 Å². The van der Waals surface area contributed by atoms with E-state index >= 15 is 0 Å². The molecule has 3 nitrogen and oxygen atoms in total. The summed E-state index contributed by atoms with van der Waals surface area (Å²) < 4.78 is 5.84. The number of unbranched alkanes of at least 4 members (excludes halogenated alkanes) is 2. The van der Waals surface area contributed by atoms with Crippen LogP contribution >= 0.6 is 12.6 Å². The lowest BCUT2D eigenvalue weighted by atomic mass is 10.1. The van der Waals surface area contributed by atoms with Gasteiger partial charge in [0.25, 0.3) is 0 Å². The van der Waals surface area contributed by atoms with Gasteiger partial charge in [0, 0.05) is 0 Å². The molecular formula is C20H24O3S. The molecule has 2 aromatic rings. The highest BCUT2D eigenvalue weighted by atomic mass is 32.1. The normalized spacial score (nSPS) is 11.9. The SMILES string of the molecule is O=C(O)C(S)CCCCCc1cccc(OCc2ccccc2)c1. The molecule has 0 aromatic heterocycles. The van der Waals surface area contributed by atoms with Crippen molar-refractivity contribution in [2.75, 3.05) is 0 Å². The van der Waals surface area contributed by atoms with E-state index in [9.17, 15) is 4.79 Å². The fourth-order valence-corrected chi connectivity index (χ4v) is 2.68. The topological polar surface area (TPSA) is 46.5 Å². The van der Waals surface area contributed by atoms with Gasteiger partial charge in [-0.15, -0.1) is 0 Å². The predicted molar refractivity (Wildman–Crippen MR) is 99.8 cm³/mol. The second kappa shape index (κ2) is 10.0. The first kappa shape index (κ1) is 18.4. The van der Waals surface area contributed by atoms with Gasteiger partial charge in [0.1, 0.15) is 12.4 Å². The number of rotatable bonds is 10. The van der Waals surface area contributed by atoms with Crippen LogP contribution in [-0.2, 0) is 17.8 Å². The molecule has 0 saturated heterocycles. The van der Waals surface area contributed by atoms with Crippen LogP contribution in [0, 0.1) is 0 Å². The van der Waals surface area contributed by atoms with E-state index in [1.807, 2.05) is 30.3 Å². The van der Waals surface area contributed by atoms with E-state index < -0.39 is 11.2 Å². The molecule has 0 saturated carbocycles. The zero-order valence-electron chi connectivity index (χ0n) is 13.7. The Labute approximate surface area is 149 Å². The first-order valence-corrected chi connectivity index (χ1v) is 8.83. The molecule has 0 heterocycles. The molecule has 1 unspecified atom stereocenters. The molecule has 0 aliphatic carbocycles. The smallest absolute Gasteiger partial charge is 0.316 e. The molecule has 0 aliphatic rings. The lowest BCUT2D eigenvalue weighted by Crippen LogP contribution is -2.12. The Kier molecular flexibility index (Phi) is 7.69. The maximum atomic E-state index is 10.7. The van der Waals surface area contributed by atoms with Crippen molar-refractivity contribution < 1.29 is 14.6 Å². The van der Waals surface area contributed by atoms with E-state index in [2.05, 4.69) is 36.9 Å². The van der Waals surface area contributed by atoms with Crippen molar-refractivity contribution in [2.45, 2.75) is 44.0 Å². The summed E-state index contributed by atoms with van der Waals surface area (Å²) in [7, 11) is 0. The second-order valence-corrected chi connectivity index (χ2v) is 6.50. The molecule has 24 heavy (non-hydrogen) atoms. The zero-order chi connectivity index (χ0) is 17.2. The Hall–Kier alpha value is -1.94. The van der Waals surface area contributed by atoms with E-state index in [0.717, 1.165) is 37.0 Å². The maximum Gasteiger partial charge on any atom is 0.316 e. The monoisotopic (exact) mass is 344 g/mol. The maximum absolute atomic E-state index is 10.7. The fraction of sp³-hybridized carbons (Fsp3) is 0.350. The van der Waals surface area contributed by atoms with Crippen LogP contribution in [0.4, 0.5) is 0 Å². The molecule has 1 N–H and O–H groups in total. The summed E-state index contributed by atoms with van der Waals surface area (Å²) in [6, 6.07) is 18.3. The van der Waals surface area contributed by atoms with Gasteiger partial charge in [-0.3, -0.25) is 4.79 Å². The number of thiol groups is 1. The number of carboxylic acids is 1. The number of aliphatic carboxylic acids is 1. The molecule has 1 atom stereocenters. The van der Waals surface area contributed by atoms with Gasteiger partial charge in [-0.1, -0.05) is 55.3 Å². The summed E-state index contributed by atoms with van der Waals surface area (Å²) in [4.78, 5) is 10.7. The van der Waals surface area contributed by atoms with Crippen LogP contribution in [0.15, 0.2) is 54.6 Å². The molecule has 0 bridgehead atoms. The number of hydrogen-bond donors (Lipinski definition) is 2. The van der Waals surface area contributed by atoms with Crippen LogP contribution in [0.3, 0.4) is 0 Å². The molecule has 2 aromatic carbocycles. The van der Waals surface area contributed by atoms with Gasteiger partial charge in [-0.05, 0) is 42.5 Å². The minimum Gasteiger partial charge on any atom is -0.489 e. The number of carboxylic acid groups (broad SMARTS) is 1. The summed E-state index contributed by atoms with van der Waals surface area (Å²) in [5.74, 6) is 0.0549. The largest absolute Gasteiger partial charge is 0.489 e. The van der Waals surface area contributed by atoms with Gasteiger partial charge in [-0.25, -0.2) is 0 Å². The molecule has 0 fully saturated rings. The Bertz CT molecular complexity index is 628. The fourth-order valence-electron chi connectivity index (χ4n) is 2.50. The van der Waals surface area contributed by atoms with Crippen molar-refractivity contribution in [1.29, 1.82) is 0 Å². The number of aryl methyl sites for hydroxylation is 1. The lowest BCUT2D eigenvalue weighted by molar-refractivity contribution is -0.136. The summed E-state index contributed by atoms with van der Waals surface area (Å²) in [5, 5.41) is 8.25. The van der Waals surface area contributed by atoms with Crippen LogP contribution in [0.2, 0.25) is 0 Å². The van der Waals surface area contributed by atoms with Crippen LogP contribution in [0.1, 0.15) is 36.8 Å². The zero-order valence-corrected chi connectivity index (χ0v) is 14.6. The van der Waals surface area contributed by atoms with Crippen molar-refractivity contribution in [1.82, 2.24) is 0 Å². The number of benzene rings is 2. The molecule has 0 aliphatic heterocycles. The van der Waals surface area contributed by atoms with E-state index in [0.29, 0.717) is 13.0 Å². The third-order valence-electron chi connectivity index (χ3n) is 3.87. The Morgan fingerprint density at radius 2 is 1.75 bits per heavy atom. The van der Waals surface area contributed by atoms with Crippen molar-refractivity contribution in [2.24, 2.45) is 0 Å². The average Bonchev–Trinajstić information content (AvgIpc) is 2.60. The van der Waals surface area contributed by atoms with E-state index in [-0.39, 0.29) is 0 Å². The van der Waals surface area contributed by atoms with Gasteiger partial charge in [0.05, 0.1) is 5.25 Å². The third-order valence-corrected chi connectivity index (χ3v) is 4.35. The minimum absolute atomic E-state index is 0.542. The quantitative estimate of drug-likeness (QED) is 0.483. The standard InChI is InChI=1S/C20H24O3S/c21-20(22)19(24)13-6-2-3-8-16-11-7-12-18(14-16)23-15-17-9-4-1-5-10-17/h1,4-5,7,9-12,14,19,24H,2-3,6,8,13,15H2,(H,21,22). The average molecular weight is 344 g/mol. The first-order chi connectivity index (χ1) is 11.6. The number of hydrogen-bond acceptors (Lipinski definition) is 3. The molecule has 4 heteroatoms. The summed E-state index contributed by atoms with van der Waals surface area (Å²) in [6.45, 7) is 0.572. The molecule has 2 rings (SSSR count). The van der Waals surface area contributed by atoms with Crippen LogP contribution in [0.25, 0.3) is 0 Å². The first-order valence-electron chi connectivity index (χ1n) is 8.31. The van der Waals surface area contributed by atoms with Crippen molar-refractivity contribution in [3.63, 3.8) is 0 Å². The van der Waals surface area contributed by atoms with Crippen molar-refractivity contribution in [3.05, 3.63) is 65.7 Å². The lowest BCUT2D eigenvalue weighted by Gasteiger charge is -2.09. The second-order valence-electron chi connectivity index (χ2n) is 5.88. The molecular weight excluding hydrogens is 320 g/mol. The number of ether oxygens (including phenoxy) is 1. The minimum atomic E-state index is -0.832. The Morgan fingerprint density at radius 1 is 1.00 bits per heavy atom. The Morgan fingerprint density at radius 3 is 2.50 bits per heavy atom. The van der Waals surface area contributed by atoms with Crippen LogP contribution in [-0.4, -0.2) is 16.3 Å². The highest BCUT2D eigenvalue weighted by Crippen LogP contribution is 2.18. The van der Waals surface area contributed by atoms with Gasteiger partial charge in [0.15, 0.2) is 0 Å². The summed E-state index contributed by atoms with van der Waals surface area (Å²) >= 11 is 4.05. The summed E-state index contributed by atoms with van der Waals surface area (Å²) in [6.07, 6.45) is 4.55. The predicted octanol–water partition coefficient (Wildman–Crippen LogP) is 4.75. The third kappa shape index (κ3) is 6.67. The van der Waals surface area contributed by atoms with Gasteiger partial charge >= 0.3 is 5.97 Å². The molecule has 0 amide bonds. The van der Waals surface area contributed by atoms with Gasteiger partial charge in [0.2, 0.25) is 0 Å². The highest BCUT2D eigenvalue weighted by molar-refractivity contribution is 7.81. The van der Waals surface area contributed by atoms with Crippen LogP contribution in [0.5, 0.6) is 5.75 Å². The number of carbonyl (C=O) groups is 1. The van der Waals surface area contributed by atoms with E-state index in [1.54, 1.807) is 0 Å². The van der Waals surface area contributed by atoms with E-state index in [1.165, 1.54) is 5.56 Å². The van der Waals surface area contributed by atoms with Crippen molar-refractivity contribution in [3.8, 4) is 5.75 Å². The molecule has 0 radical (unpaired) electrons. The molecule has 0 spiro atoms. The van der Waals surface area contributed by atoms with Gasteiger partial charge < -0.3 is 9.84 Å². The van der Waals surface area contributed by atoms with Crippen molar-refractivity contribution >= 4 is 18.6 Å². The molecule has 128 valence electrons. The highest BCUT2D eigenvalue weighted by Gasteiger charge is 2.10. The Balaban J connectivity index is 1.71. The van der Waals surface area contributed by atoms with E-state index in [4.69, 9.17) is 9.84 Å².